The van der Waals surface area contributed by atoms with Crippen molar-refractivity contribution in [2.45, 2.75) is 4.90 Å². The molecule has 0 bridgehead atoms. The van der Waals surface area contributed by atoms with Crippen molar-refractivity contribution in [3.05, 3.63) is 24.0 Å². The van der Waals surface area contributed by atoms with E-state index in [9.17, 15) is 12.8 Å². The van der Waals surface area contributed by atoms with E-state index in [1.807, 2.05) is 0 Å². The molecule has 72 valence electrons. The van der Waals surface area contributed by atoms with Crippen LogP contribution in [0, 0.1) is 5.82 Å². The third kappa shape index (κ3) is 1.96. The van der Waals surface area contributed by atoms with E-state index in [0.717, 1.165) is 19.2 Å². The van der Waals surface area contributed by atoms with E-state index < -0.39 is 20.8 Å². The quantitative estimate of drug-likeness (QED) is 0.729. The maximum absolute atomic E-state index is 12.9. The minimum absolute atomic E-state index is 0.340. The van der Waals surface area contributed by atoms with Crippen molar-refractivity contribution in [2.75, 3.05) is 7.11 Å². The van der Waals surface area contributed by atoms with E-state index in [4.69, 9.17) is 5.11 Å². The molecule has 0 aromatic heterocycles. The van der Waals surface area contributed by atoms with E-state index >= 15 is 0 Å². The van der Waals surface area contributed by atoms with E-state index in [2.05, 4.69) is 4.18 Å². The summed E-state index contributed by atoms with van der Waals surface area (Å²) in [5, 5.41) is 8.80. The van der Waals surface area contributed by atoms with Crippen LogP contribution in [0.15, 0.2) is 23.1 Å². The third-order valence-electron chi connectivity index (χ3n) is 1.40. The zero-order valence-electron chi connectivity index (χ0n) is 6.69. The summed E-state index contributed by atoms with van der Waals surface area (Å²) < 4.78 is 39.0. The lowest BCUT2D eigenvalue weighted by Gasteiger charge is -2.02. The van der Waals surface area contributed by atoms with Gasteiger partial charge >= 0.3 is 0 Å². The number of halogens is 1. The lowest BCUT2D eigenvalue weighted by Crippen LogP contribution is -2.04. The summed E-state index contributed by atoms with van der Waals surface area (Å²) in [6.45, 7) is 0. The van der Waals surface area contributed by atoms with Crippen LogP contribution < -0.4 is 0 Å². The van der Waals surface area contributed by atoms with Crippen molar-refractivity contribution in [3.8, 4) is 5.75 Å². The largest absolute Gasteiger partial charge is 0.508 e. The third-order valence-corrected chi connectivity index (χ3v) is 2.71. The van der Waals surface area contributed by atoms with Crippen LogP contribution >= 0.6 is 0 Å². The van der Waals surface area contributed by atoms with E-state index in [1.54, 1.807) is 0 Å². The monoisotopic (exact) mass is 206 g/mol. The molecule has 0 atom stereocenters. The van der Waals surface area contributed by atoms with Gasteiger partial charge in [0.1, 0.15) is 16.5 Å². The molecule has 6 heteroatoms. The van der Waals surface area contributed by atoms with Gasteiger partial charge in [-0.1, -0.05) is 0 Å². The molecular weight excluding hydrogens is 199 g/mol. The summed E-state index contributed by atoms with van der Waals surface area (Å²) in [5.41, 5.74) is 0. The Kier molecular flexibility index (Phi) is 2.53. The lowest BCUT2D eigenvalue weighted by atomic mass is 10.3. The fourth-order valence-corrected chi connectivity index (χ4v) is 1.49. The second-order valence-corrected chi connectivity index (χ2v) is 3.92. The van der Waals surface area contributed by atoms with Crippen molar-refractivity contribution in [2.24, 2.45) is 0 Å². The molecule has 0 fully saturated rings. The van der Waals surface area contributed by atoms with Crippen LogP contribution in [0.25, 0.3) is 0 Å². The van der Waals surface area contributed by atoms with Crippen molar-refractivity contribution < 1.29 is 22.1 Å². The molecule has 0 unspecified atom stereocenters. The highest BCUT2D eigenvalue weighted by molar-refractivity contribution is 7.86. The molecule has 0 spiro atoms. The average Bonchev–Trinajstić information content (AvgIpc) is 2.03. The van der Waals surface area contributed by atoms with Gasteiger partial charge < -0.3 is 5.11 Å². The Morgan fingerprint density at radius 1 is 1.46 bits per heavy atom. The van der Waals surface area contributed by atoms with Gasteiger partial charge in [0.25, 0.3) is 10.1 Å². The Morgan fingerprint density at radius 2 is 2.08 bits per heavy atom. The highest BCUT2D eigenvalue weighted by atomic mass is 32.2. The van der Waals surface area contributed by atoms with Crippen LogP contribution in [0.3, 0.4) is 0 Å². The molecule has 1 rings (SSSR count). The molecule has 0 amide bonds. The second-order valence-electron chi connectivity index (χ2n) is 2.24. The van der Waals surface area contributed by atoms with Crippen LogP contribution in [0.5, 0.6) is 5.75 Å². The van der Waals surface area contributed by atoms with Gasteiger partial charge in [-0.05, 0) is 12.1 Å². The molecule has 0 aliphatic rings. The number of hydrogen-bond acceptors (Lipinski definition) is 4. The molecule has 1 aromatic rings. The maximum atomic E-state index is 12.9. The average molecular weight is 206 g/mol. The molecule has 1 N–H and O–H groups in total. The Morgan fingerprint density at radius 3 is 2.54 bits per heavy atom. The van der Waals surface area contributed by atoms with Gasteiger partial charge in [-0.25, -0.2) is 4.39 Å². The Labute approximate surface area is 74.7 Å². The van der Waals surface area contributed by atoms with E-state index in [-0.39, 0.29) is 5.75 Å². The molecule has 0 aliphatic carbocycles. The highest BCUT2D eigenvalue weighted by Crippen LogP contribution is 2.20. The van der Waals surface area contributed by atoms with Gasteiger partial charge in [0.2, 0.25) is 0 Å². The summed E-state index contributed by atoms with van der Waals surface area (Å²) >= 11 is 0. The summed E-state index contributed by atoms with van der Waals surface area (Å²) in [5.74, 6) is -1.38. The summed E-state index contributed by atoms with van der Waals surface area (Å²) in [7, 11) is -3.10. The minimum atomic E-state index is -4.03. The zero-order chi connectivity index (χ0) is 10.1. The number of benzene rings is 1. The predicted molar refractivity (Wildman–Crippen MR) is 42.3 cm³/mol. The second kappa shape index (κ2) is 3.31. The number of rotatable bonds is 2. The van der Waals surface area contributed by atoms with Crippen LogP contribution in [-0.4, -0.2) is 20.6 Å². The lowest BCUT2D eigenvalue weighted by molar-refractivity contribution is 0.392. The number of phenolic OH excluding ortho intramolecular Hbond substituents is 1. The summed E-state index contributed by atoms with van der Waals surface area (Å²) in [6, 6.07) is 2.70. The van der Waals surface area contributed by atoms with Crippen LogP contribution in [0.1, 0.15) is 0 Å². The van der Waals surface area contributed by atoms with Crippen LogP contribution in [0.4, 0.5) is 4.39 Å². The normalized spacial score (nSPS) is 11.5. The minimum Gasteiger partial charge on any atom is -0.508 e. The van der Waals surface area contributed by atoms with Crippen molar-refractivity contribution in [3.63, 3.8) is 0 Å². The molecule has 0 saturated heterocycles. The number of phenols is 1. The van der Waals surface area contributed by atoms with Gasteiger partial charge in [-0.15, -0.1) is 0 Å². The molecular formula is C7H7FO4S. The molecule has 1 aromatic carbocycles. The number of aromatic hydroxyl groups is 1. The van der Waals surface area contributed by atoms with Gasteiger partial charge in [0, 0.05) is 6.07 Å². The van der Waals surface area contributed by atoms with Gasteiger partial charge in [0.05, 0.1) is 7.11 Å². The highest BCUT2D eigenvalue weighted by Gasteiger charge is 2.18. The van der Waals surface area contributed by atoms with Crippen molar-refractivity contribution >= 4 is 10.1 Å². The topological polar surface area (TPSA) is 63.6 Å². The smallest absolute Gasteiger partial charge is 0.299 e. The first-order valence-electron chi connectivity index (χ1n) is 3.26. The maximum Gasteiger partial charge on any atom is 0.299 e. The first kappa shape index (κ1) is 9.94. The first-order chi connectivity index (χ1) is 5.97. The Hall–Kier alpha value is -1.14. The molecule has 0 heterocycles. The summed E-state index contributed by atoms with van der Waals surface area (Å²) in [6.07, 6.45) is 0. The molecule has 4 nitrogen and oxygen atoms in total. The standard InChI is InChI=1S/C7H7FO4S/c1-12-13(10,11)7-3-2-5(9)4-6(7)8/h2-4,9H,1H3. The SMILES string of the molecule is COS(=O)(=O)c1ccc(O)cc1F. The van der Waals surface area contributed by atoms with E-state index in [0.29, 0.717) is 6.07 Å². The number of hydrogen-bond donors (Lipinski definition) is 1. The fourth-order valence-electron chi connectivity index (χ4n) is 0.782. The van der Waals surface area contributed by atoms with Crippen LogP contribution in [-0.2, 0) is 14.3 Å². The van der Waals surface area contributed by atoms with Gasteiger partial charge in [-0.2, -0.15) is 8.42 Å². The molecule has 0 saturated carbocycles. The van der Waals surface area contributed by atoms with Crippen molar-refractivity contribution in [1.29, 1.82) is 0 Å². The predicted octanol–water partition coefficient (Wildman–Crippen LogP) is 0.866. The molecule has 0 radical (unpaired) electrons. The molecule has 0 aliphatic heterocycles. The Balaban J connectivity index is 3.33. The Bertz CT molecular complexity index is 413. The zero-order valence-corrected chi connectivity index (χ0v) is 7.51. The summed E-state index contributed by atoms with van der Waals surface area (Å²) in [4.78, 5) is -0.590. The first-order valence-corrected chi connectivity index (χ1v) is 4.67. The fraction of sp³-hybridized carbons (Fsp3) is 0.143. The van der Waals surface area contributed by atoms with Gasteiger partial charge in [-0.3, -0.25) is 4.18 Å². The van der Waals surface area contributed by atoms with Gasteiger partial charge in [0.15, 0.2) is 0 Å². The van der Waals surface area contributed by atoms with Crippen molar-refractivity contribution in [1.82, 2.24) is 0 Å². The van der Waals surface area contributed by atoms with Crippen LogP contribution in [0.2, 0.25) is 0 Å². The molecule has 13 heavy (non-hydrogen) atoms. The van der Waals surface area contributed by atoms with E-state index in [1.165, 1.54) is 0 Å².